The van der Waals surface area contributed by atoms with Crippen LogP contribution < -0.4 is 5.32 Å². The number of nitrogens with zero attached hydrogens (tertiary/aromatic N) is 2. The molecule has 1 heterocycles. The Labute approximate surface area is 124 Å². The van der Waals surface area contributed by atoms with Crippen LogP contribution in [0.3, 0.4) is 0 Å². The molecule has 6 heteroatoms. The highest BCUT2D eigenvalue weighted by atomic mass is 35.5. The fourth-order valence-corrected chi connectivity index (χ4v) is 2.71. The number of non-ortho nitro benzene ring substituents is 1. The van der Waals surface area contributed by atoms with Gasteiger partial charge in [-0.15, -0.1) is 0 Å². The van der Waals surface area contributed by atoms with Crippen molar-refractivity contribution in [3.8, 4) is 0 Å². The zero-order valence-corrected chi connectivity index (χ0v) is 12.6. The third-order valence-corrected chi connectivity index (χ3v) is 4.56. The standard InChI is InChI=1S/C14H20ClN3O2/c1-14(16-2)5-7-17(8-6-14)10-11-3-4-12(18(19)20)9-13(11)15/h3-4,9,16H,5-8,10H2,1-2H3. The summed E-state index contributed by atoms with van der Waals surface area (Å²) in [4.78, 5) is 12.6. The summed E-state index contributed by atoms with van der Waals surface area (Å²) < 4.78 is 0. The zero-order chi connectivity index (χ0) is 14.8. The Kier molecular flexibility index (Phi) is 4.62. The number of halogens is 1. The molecule has 0 saturated carbocycles. The minimum Gasteiger partial charge on any atom is -0.314 e. The normalized spacial score (nSPS) is 18.9. The highest BCUT2D eigenvalue weighted by Crippen LogP contribution is 2.26. The van der Waals surface area contributed by atoms with Crippen molar-refractivity contribution in [2.75, 3.05) is 20.1 Å². The first kappa shape index (κ1) is 15.2. The van der Waals surface area contributed by atoms with E-state index in [4.69, 9.17) is 11.6 Å². The SMILES string of the molecule is CNC1(C)CCN(Cc2ccc([N+](=O)[O-])cc2Cl)CC1. The van der Waals surface area contributed by atoms with Crippen molar-refractivity contribution >= 4 is 17.3 Å². The topological polar surface area (TPSA) is 58.4 Å². The number of benzene rings is 1. The molecule has 0 atom stereocenters. The molecular weight excluding hydrogens is 278 g/mol. The van der Waals surface area contributed by atoms with Gasteiger partial charge < -0.3 is 5.32 Å². The molecule has 1 aromatic carbocycles. The van der Waals surface area contributed by atoms with Crippen molar-refractivity contribution < 1.29 is 4.92 Å². The lowest BCUT2D eigenvalue weighted by Crippen LogP contribution is -2.49. The van der Waals surface area contributed by atoms with Crippen LogP contribution in [0.1, 0.15) is 25.3 Å². The van der Waals surface area contributed by atoms with Gasteiger partial charge in [0, 0.05) is 37.3 Å². The zero-order valence-electron chi connectivity index (χ0n) is 11.9. The van der Waals surface area contributed by atoms with Crippen LogP contribution in [0.25, 0.3) is 0 Å². The van der Waals surface area contributed by atoms with Gasteiger partial charge in [-0.3, -0.25) is 15.0 Å². The largest absolute Gasteiger partial charge is 0.314 e. The smallest absolute Gasteiger partial charge is 0.270 e. The van der Waals surface area contributed by atoms with Gasteiger partial charge in [-0.05, 0) is 38.4 Å². The summed E-state index contributed by atoms with van der Waals surface area (Å²) in [5, 5.41) is 14.5. The summed E-state index contributed by atoms with van der Waals surface area (Å²) in [6, 6.07) is 4.70. The average Bonchev–Trinajstić information content (AvgIpc) is 2.43. The van der Waals surface area contributed by atoms with Gasteiger partial charge in [0.2, 0.25) is 0 Å². The van der Waals surface area contributed by atoms with E-state index in [2.05, 4.69) is 17.1 Å². The van der Waals surface area contributed by atoms with E-state index in [-0.39, 0.29) is 11.2 Å². The summed E-state index contributed by atoms with van der Waals surface area (Å²) in [6.07, 6.45) is 2.18. The fourth-order valence-electron chi connectivity index (χ4n) is 2.47. The molecule has 2 rings (SSSR count). The monoisotopic (exact) mass is 297 g/mol. The Morgan fingerprint density at radius 3 is 2.60 bits per heavy atom. The maximum Gasteiger partial charge on any atom is 0.270 e. The second-order valence-electron chi connectivity index (χ2n) is 5.62. The molecule has 1 N–H and O–H groups in total. The van der Waals surface area contributed by atoms with Crippen LogP contribution in [0, 0.1) is 10.1 Å². The van der Waals surface area contributed by atoms with E-state index in [1.54, 1.807) is 6.07 Å². The number of nitrogens with one attached hydrogen (secondary N) is 1. The van der Waals surface area contributed by atoms with Gasteiger partial charge in [0.1, 0.15) is 0 Å². The first-order valence-corrected chi connectivity index (χ1v) is 7.15. The first-order valence-electron chi connectivity index (χ1n) is 6.78. The Bertz CT molecular complexity index is 499. The maximum atomic E-state index is 10.7. The molecule has 0 radical (unpaired) electrons. The molecule has 0 amide bonds. The average molecular weight is 298 g/mol. The Balaban J connectivity index is 2.00. The molecule has 1 aliphatic heterocycles. The van der Waals surface area contributed by atoms with Gasteiger partial charge in [0.05, 0.1) is 9.95 Å². The van der Waals surface area contributed by atoms with Crippen LogP contribution >= 0.6 is 11.6 Å². The van der Waals surface area contributed by atoms with Crippen molar-refractivity contribution in [1.29, 1.82) is 0 Å². The third kappa shape index (κ3) is 3.48. The van der Waals surface area contributed by atoms with Crippen LogP contribution in [-0.2, 0) is 6.54 Å². The number of hydrogen-bond acceptors (Lipinski definition) is 4. The van der Waals surface area contributed by atoms with Gasteiger partial charge in [0.15, 0.2) is 0 Å². The molecule has 0 spiro atoms. The summed E-state index contributed by atoms with van der Waals surface area (Å²) >= 11 is 6.13. The lowest BCUT2D eigenvalue weighted by atomic mass is 9.90. The van der Waals surface area contributed by atoms with Gasteiger partial charge in [-0.1, -0.05) is 11.6 Å². The van der Waals surface area contributed by atoms with Crippen molar-refractivity contribution in [1.82, 2.24) is 10.2 Å². The van der Waals surface area contributed by atoms with Crippen LogP contribution in [0.4, 0.5) is 5.69 Å². The van der Waals surface area contributed by atoms with E-state index in [9.17, 15) is 10.1 Å². The molecular formula is C14H20ClN3O2. The predicted octanol–water partition coefficient (Wildman–Crippen LogP) is 2.82. The molecule has 0 aromatic heterocycles. The van der Waals surface area contributed by atoms with Crippen molar-refractivity contribution in [3.63, 3.8) is 0 Å². The van der Waals surface area contributed by atoms with Crippen LogP contribution in [0.15, 0.2) is 18.2 Å². The van der Waals surface area contributed by atoms with Crippen LogP contribution in [0.5, 0.6) is 0 Å². The van der Waals surface area contributed by atoms with Crippen LogP contribution in [0.2, 0.25) is 5.02 Å². The number of likely N-dealkylation sites (tertiary alicyclic amines) is 1. The second-order valence-corrected chi connectivity index (χ2v) is 6.03. The van der Waals surface area contributed by atoms with Crippen LogP contribution in [-0.4, -0.2) is 35.5 Å². The molecule has 1 fully saturated rings. The Morgan fingerprint density at radius 2 is 2.10 bits per heavy atom. The molecule has 110 valence electrons. The number of piperidine rings is 1. The highest BCUT2D eigenvalue weighted by Gasteiger charge is 2.28. The van der Waals surface area contributed by atoms with Gasteiger partial charge >= 0.3 is 0 Å². The minimum atomic E-state index is -0.422. The molecule has 5 nitrogen and oxygen atoms in total. The van der Waals surface area contributed by atoms with Crippen molar-refractivity contribution in [3.05, 3.63) is 38.9 Å². The van der Waals surface area contributed by atoms with E-state index >= 15 is 0 Å². The molecule has 20 heavy (non-hydrogen) atoms. The Morgan fingerprint density at radius 1 is 1.45 bits per heavy atom. The molecule has 1 saturated heterocycles. The van der Waals surface area contributed by atoms with Gasteiger partial charge in [-0.25, -0.2) is 0 Å². The van der Waals surface area contributed by atoms with Crippen molar-refractivity contribution in [2.24, 2.45) is 0 Å². The Hall–Kier alpha value is -1.17. The van der Waals surface area contributed by atoms with E-state index in [0.29, 0.717) is 5.02 Å². The number of nitro groups is 1. The summed E-state index contributed by atoms with van der Waals surface area (Å²) in [5.74, 6) is 0. The van der Waals surface area contributed by atoms with E-state index in [1.165, 1.54) is 12.1 Å². The van der Waals surface area contributed by atoms with Gasteiger partial charge in [0.25, 0.3) is 5.69 Å². The summed E-state index contributed by atoms with van der Waals surface area (Å²) in [5.41, 5.74) is 1.21. The fraction of sp³-hybridized carbons (Fsp3) is 0.571. The van der Waals surface area contributed by atoms with E-state index < -0.39 is 4.92 Å². The molecule has 0 aliphatic carbocycles. The number of nitro benzene ring substituents is 1. The maximum absolute atomic E-state index is 10.7. The third-order valence-electron chi connectivity index (χ3n) is 4.20. The first-order chi connectivity index (χ1) is 9.43. The second kappa shape index (κ2) is 6.08. The quantitative estimate of drug-likeness (QED) is 0.686. The number of rotatable bonds is 4. The van der Waals surface area contributed by atoms with E-state index in [1.807, 2.05) is 7.05 Å². The van der Waals surface area contributed by atoms with Crippen molar-refractivity contribution in [2.45, 2.75) is 31.8 Å². The molecule has 1 aromatic rings. The van der Waals surface area contributed by atoms with Gasteiger partial charge in [-0.2, -0.15) is 0 Å². The summed E-state index contributed by atoms with van der Waals surface area (Å²) in [7, 11) is 2.00. The molecule has 0 unspecified atom stereocenters. The molecule has 0 bridgehead atoms. The predicted molar refractivity (Wildman–Crippen MR) is 80.1 cm³/mol. The highest BCUT2D eigenvalue weighted by molar-refractivity contribution is 6.31. The minimum absolute atomic E-state index is 0.0418. The number of hydrogen-bond donors (Lipinski definition) is 1. The lowest BCUT2D eigenvalue weighted by Gasteiger charge is -2.39. The summed E-state index contributed by atoms with van der Waals surface area (Å²) in [6.45, 7) is 5.00. The molecule has 1 aliphatic rings. The lowest BCUT2D eigenvalue weighted by molar-refractivity contribution is -0.384. The van der Waals surface area contributed by atoms with E-state index in [0.717, 1.165) is 38.0 Å².